The van der Waals surface area contributed by atoms with E-state index in [0.717, 1.165) is 12.1 Å². The zero-order valence-corrected chi connectivity index (χ0v) is 12.9. The Labute approximate surface area is 130 Å². The van der Waals surface area contributed by atoms with E-state index in [1.807, 2.05) is 12.1 Å². The molecule has 1 heterocycles. The summed E-state index contributed by atoms with van der Waals surface area (Å²) in [7, 11) is 1.60. The summed E-state index contributed by atoms with van der Waals surface area (Å²) in [5.74, 6) is 0.557. The topological polar surface area (TPSA) is 63.2 Å². The average molecular weight is 299 g/mol. The van der Waals surface area contributed by atoms with Gasteiger partial charge in [-0.1, -0.05) is 19.1 Å². The Morgan fingerprint density at radius 1 is 1.18 bits per heavy atom. The number of hydrogen-bond donors (Lipinski definition) is 2. The molecular weight excluding hydrogens is 278 g/mol. The molecule has 1 aromatic heterocycles. The number of carbonyl (C=O) groups excluding carboxylic acids is 1. The van der Waals surface area contributed by atoms with E-state index >= 15 is 0 Å². The van der Waals surface area contributed by atoms with Gasteiger partial charge in [0.2, 0.25) is 0 Å². The maximum Gasteiger partial charge on any atom is 0.252 e. The first-order valence-electron chi connectivity index (χ1n) is 7.32. The minimum Gasteiger partial charge on any atom is -0.383 e. The van der Waals surface area contributed by atoms with Crippen molar-refractivity contribution < 1.29 is 9.53 Å². The zero-order valence-electron chi connectivity index (χ0n) is 12.9. The molecule has 0 saturated heterocycles. The molecule has 0 radical (unpaired) electrons. The maximum atomic E-state index is 11.8. The van der Waals surface area contributed by atoms with Crippen LogP contribution in [0.1, 0.15) is 22.8 Å². The van der Waals surface area contributed by atoms with Crippen LogP contribution in [0.4, 0.5) is 11.5 Å². The highest BCUT2D eigenvalue weighted by atomic mass is 16.5. The van der Waals surface area contributed by atoms with Gasteiger partial charge in [-0.15, -0.1) is 0 Å². The molecule has 1 amide bonds. The monoisotopic (exact) mass is 299 g/mol. The number of pyridine rings is 1. The van der Waals surface area contributed by atoms with Crippen molar-refractivity contribution in [2.75, 3.05) is 25.6 Å². The van der Waals surface area contributed by atoms with Gasteiger partial charge in [0.05, 0.1) is 12.2 Å². The molecule has 0 spiro atoms. The Morgan fingerprint density at radius 3 is 2.55 bits per heavy atom. The second kappa shape index (κ2) is 8.14. The number of amides is 1. The van der Waals surface area contributed by atoms with Gasteiger partial charge in [-0.2, -0.15) is 0 Å². The lowest BCUT2D eigenvalue weighted by atomic mass is 10.1. The molecule has 5 heteroatoms. The van der Waals surface area contributed by atoms with Crippen molar-refractivity contribution in [3.63, 3.8) is 0 Å². The normalized spacial score (nSPS) is 10.3. The van der Waals surface area contributed by atoms with Crippen LogP contribution in [0, 0.1) is 0 Å². The summed E-state index contributed by atoms with van der Waals surface area (Å²) in [6.07, 6.45) is 2.58. The predicted molar refractivity (Wildman–Crippen MR) is 87.5 cm³/mol. The molecule has 2 aromatic rings. The number of nitrogens with one attached hydrogen (secondary N) is 2. The minimum atomic E-state index is -0.150. The molecule has 0 aliphatic heterocycles. The summed E-state index contributed by atoms with van der Waals surface area (Å²) in [5.41, 5.74) is 2.80. The largest absolute Gasteiger partial charge is 0.383 e. The number of benzene rings is 1. The molecule has 0 fully saturated rings. The summed E-state index contributed by atoms with van der Waals surface area (Å²) in [6, 6.07) is 11.7. The van der Waals surface area contributed by atoms with Crippen LogP contribution in [0.5, 0.6) is 0 Å². The molecule has 1 aromatic carbocycles. The highest BCUT2D eigenvalue weighted by Crippen LogP contribution is 2.15. The molecule has 2 N–H and O–H groups in total. The van der Waals surface area contributed by atoms with Crippen molar-refractivity contribution in [2.24, 2.45) is 0 Å². The molecule has 22 heavy (non-hydrogen) atoms. The minimum absolute atomic E-state index is 0.150. The predicted octanol–water partition coefficient (Wildman–Crippen LogP) is 2.76. The standard InChI is InChI=1S/C17H21N3O2/c1-3-13-4-7-15(8-5-13)20-16-9-6-14(12-19-16)17(21)18-10-11-22-2/h4-9,12H,3,10-11H2,1-2H3,(H,18,21)(H,19,20). The number of carbonyl (C=O) groups is 1. The number of rotatable bonds is 7. The van der Waals surface area contributed by atoms with Crippen LogP contribution in [0.15, 0.2) is 42.6 Å². The van der Waals surface area contributed by atoms with Gasteiger partial charge >= 0.3 is 0 Å². The third-order valence-electron chi connectivity index (χ3n) is 3.25. The van der Waals surface area contributed by atoms with Crippen molar-refractivity contribution in [1.82, 2.24) is 10.3 Å². The third-order valence-corrected chi connectivity index (χ3v) is 3.25. The van der Waals surface area contributed by atoms with Crippen LogP contribution in [0.2, 0.25) is 0 Å². The molecule has 0 aliphatic rings. The van der Waals surface area contributed by atoms with Gasteiger partial charge in [-0.3, -0.25) is 4.79 Å². The molecule has 2 rings (SSSR count). The van der Waals surface area contributed by atoms with E-state index in [9.17, 15) is 4.79 Å². The van der Waals surface area contributed by atoms with Gasteiger partial charge in [0.15, 0.2) is 0 Å². The number of methoxy groups -OCH3 is 1. The number of aromatic nitrogens is 1. The van der Waals surface area contributed by atoms with E-state index < -0.39 is 0 Å². The van der Waals surface area contributed by atoms with Crippen molar-refractivity contribution in [3.05, 3.63) is 53.7 Å². The lowest BCUT2D eigenvalue weighted by Gasteiger charge is -2.08. The number of ether oxygens (including phenoxy) is 1. The Hall–Kier alpha value is -2.40. The zero-order chi connectivity index (χ0) is 15.8. The van der Waals surface area contributed by atoms with Crippen LogP contribution in [-0.4, -0.2) is 31.2 Å². The number of hydrogen-bond acceptors (Lipinski definition) is 4. The quantitative estimate of drug-likeness (QED) is 0.772. The highest BCUT2D eigenvalue weighted by Gasteiger charge is 2.05. The summed E-state index contributed by atoms with van der Waals surface area (Å²) in [4.78, 5) is 16.1. The fraction of sp³-hybridized carbons (Fsp3) is 0.294. The van der Waals surface area contributed by atoms with E-state index in [4.69, 9.17) is 4.74 Å². The Bertz CT molecular complexity index is 594. The average Bonchev–Trinajstić information content (AvgIpc) is 2.56. The summed E-state index contributed by atoms with van der Waals surface area (Å²) in [6.45, 7) is 3.10. The van der Waals surface area contributed by atoms with Crippen molar-refractivity contribution in [1.29, 1.82) is 0 Å². The third kappa shape index (κ3) is 4.56. The van der Waals surface area contributed by atoms with Crippen LogP contribution in [-0.2, 0) is 11.2 Å². The molecule has 0 unspecified atom stereocenters. The van der Waals surface area contributed by atoms with Crippen LogP contribution in [0.25, 0.3) is 0 Å². The smallest absolute Gasteiger partial charge is 0.252 e. The summed E-state index contributed by atoms with van der Waals surface area (Å²) in [5, 5.41) is 5.97. The van der Waals surface area contributed by atoms with Crippen LogP contribution in [0.3, 0.4) is 0 Å². The SMILES string of the molecule is CCc1ccc(Nc2ccc(C(=O)NCCOC)cn2)cc1. The number of anilines is 2. The summed E-state index contributed by atoms with van der Waals surface area (Å²) >= 11 is 0. The second-order valence-electron chi connectivity index (χ2n) is 4.86. The first kappa shape index (κ1) is 16.0. The number of aryl methyl sites for hydroxylation is 1. The van der Waals surface area contributed by atoms with Crippen molar-refractivity contribution in [2.45, 2.75) is 13.3 Å². The lowest BCUT2D eigenvalue weighted by Crippen LogP contribution is -2.26. The fourth-order valence-corrected chi connectivity index (χ4v) is 1.94. The fourth-order valence-electron chi connectivity index (χ4n) is 1.94. The van der Waals surface area contributed by atoms with Gasteiger partial charge in [0, 0.05) is 25.5 Å². The van der Waals surface area contributed by atoms with Gasteiger partial charge in [0.1, 0.15) is 5.82 Å². The Morgan fingerprint density at radius 2 is 1.95 bits per heavy atom. The molecule has 0 atom stereocenters. The van der Waals surface area contributed by atoms with Gasteiger partial charge in [0.25, 0.3) is 5.91 Å². The van der Waals surface area contributed by atoms with E-state index in [1.54, 1.807) is 25.4 Å². The van der Waals surface area contributed by atoms with Gasteiger partial charge < -0.3 is 15.4 Å². The maximum absolute atomic E-state index is 11.8. The van der Waals surface area contributed by atoms with Gasteiger partial charge in [-0.05, 0) is 36.2 Å². The molecule has 0 aliphatic carbocycles. The highest BCUT2D eigenvalue weighted by molar-refractivity contribution is 5.94. The van der Waals surface area contributed by atoms with Gasteiger partial charge in [-0.25, -0.2) is 4.98 Å². The number of nitrogens with zero attached hydrogens (tertiary/aromatic N) is 1. The van der Waals surface area contributed by atoms with E-state index in [-0.39, 0.29) is 5.91 Å². The molecule has 0 saturated carbocycles. The Balaban J connectivity index is 1.94. The van der Waals surface area contributed by atoms with Crippen molar-refractivity contribution in [3.8, 4) is 0 Å². The molecule has 5 nitrogen and oxygen atoms in total. The lowest BCUT2D eigenvalue weighted by molar-refractivity contribution is 0.0937. The first-order valence-corrected chi connectivity index (χ1v) is 7.32. The van der Waals surface area contributed by atoms with E-state index in [2.05, 4.69) is 34.7 Å². The molecular formula is C17H21N3O2. The second-order valence-corrected chi connectivity index (χ2v) is 4.86. The first-order chi connectivity index (χ1) is 10.7. The Kier molecular flexibility index (Phi) is 5.91. The van der Waals surface area contributed by atoms with E-state index in [0.29, 0.717) is 24.5 Å². The van der Waals surface area contributed by atoms with Crippen LogP contribution < -0.4 is 10.6 Å². The molecule has 0 bridgehead atoms. The summed E-state index contributed by atoms with van der Waals surface area (Å²) < 4.78 is 4.89. The van der Waals surface area contributed by atoms with Crippen molar-refractivity contribution >= 4 is 17.4 Å². The molecule has 116 valence electrons. The van der Waals surface area contributed by atoms with Crippen LogP contribution >= 0.6 is 0 Å². The van der Waals surface area contributed by atoms with E-state index in [1.165, 1.54) is 5.56 Å².